The van der Waals surface area contributed by atoms with Gasteiger partial charge in [-0.2, -0.15) is 5.10 Å². The van der Waals surface area contributed by atoms with Gasteiger partial charge in [0.25, 0.3) is 0 Å². The molecule has 1 atom stereocenters. The molecule has 0 aliphatic carbocycles. The van der Waals surface area contributed by atoms with Gasteiger partial charge in [0.1, 0.15) is 0 Å². The Balaban J connectivity index is 1.93. The van der Waals surface area contributed by atoms with Crippen LogP contribution in [-0.2, 0) is 11.2 Å². The topological polar surface area (TPSA) is 83.8 Å². The third-order valence-electron chi connectivity index (χ3n) is 2.59. The van der Waals surface area contributed by atoms with Crippen molar-refractivity contribution < 1.29 is 4.79 Å². The average Bonchev–Trinajstić information content (AvgIpc) is 2.76. The Kier molecular flexibility index (Phi) is 3.74. The number of aromatic amines is 1. The number of nitrogens with zero attached hydrogens (tertiary/aromatic N) is 1. The fraction of sp³-hybridized carbons (Fsp3) is 0.231. The zero-order valence-electron chi connectivity index (χ0n) is 10.2. The second-order valence-corrected chi connectivity index (χ2v) is 4.22. The van der Waals surface area contributed by atoms with Crippen molar-refractivity contribution >= 4 is 11.7 Å². The Bertz CT molecular complexity index is 521. The van der Waals surface area contributed by atoms with E-state index in [9.17, 15) is 4.79 Å². The fourth-order valence-electron chi connectivity index (χ4n) is 1.66. The fourth-order valence-corrected chi connectivity index (χ4v) is 1.66. The zero-order chi connectivity index (χ0) is 13.0. The molecule has 18 heavy (non-hydrogen) atoms. The molecule has 5 nitrogen and oxygen atoms in total. The van der Waals surface area contributed by atoms with Crippen LogP contribution in [-0.4, -0.2) is 22.1 Å². The van der Waals surface area contributed by atoms with Crippen molar-refractivity contribution in [2.75, 3.05) is 5.32 Å². The first kappa shape index (κ1) is 12.3. The number of nitrogens with two attached hydrogens (primary N) is 1. The molecule has 94 valence electrons. The molecule has 2 rings (SSSR count). The first-order valence-corrected chi connectivity index (χ1v) is 5.77. The Morgan fingerprint density at radius 3 is 2.78 bits per heavy atom. The predicted molar refractivity (Wildman–Crippen MR) is 70.1 cm³/mol. The van der Waals surface area contributed by atoms with Crippen molar-refractivity contribution in [3.8, 4) is 0 Å². The van der Waals surface area contributed by atoms with Crippen LogP contribution in [0.1, 0.15) is 11.3 Å². The molecule has 1 heterocycles. The smallest absolute Gasteiger partial charge is 0.242 e. The molecule has 2 aromatic rings. The minimum atomic E-state index is -0.579. The quantitative estimate of drug-likeness (QED) is 0.756. The summed E-state index contributed by atoms with van der Waals surface area (Å²) in [7, 11) is 0. The summed E-state index contributed by atoms with van der Waals surface area (Å²) < 4.78 is 0. The Labute approximate surface area is 105 Å². The second kappa shape index (κ2) is 5.46. The Morgan fingerprint density at radius 2 is 2.17 bits per heavy atom. The van der Waals surface area contributed by atoms with Gasteiger partial charge >= 0.3 is 0 Å². The summed E-state index contributed by atoms with van der Waals surface area (Å²) in [6.07, 6.45) is 0.510. The van der Waals surface area contributed by atoms with E-state index in [0.717, 1.165) is 11.3 Å². The van der Waals surface area contributed by atoms with Gasteiger partial charge in [0.2, 0.25) is 5.91 Å². The average molecular weight is 244 g/mol. The van der Waals surface area contributed by atoms with Crippen LogP contribution >= 0.6 is 0 Å². The minimum absolute atomic E-state index is 0.231. The predicted octanol–water partition coefficient (Wildman–Crippen LogP) is 1.23. The van der Waals surface area contributed by atoms with Gasteiger partial charge in [0.05, 0.1) is 6.04 Å². The van der Waals surface area contributed by atoms with E-state index in [4.69, 9.17) is 5.73 Å². The molecule has 0 radical (unpaired) electrons. The van der Waals surface area contributed by atoms with Gasteiger partial charge < -0.3 is 11.1 Å². The number of H-pyrrole nitrogens is 1. The number of carbonyl (C=O) groups excluding carboxylic acids is 1. The highest BCUT2D eigenvalue weighted by atomic mass is 16.2. The van der Waals surface area contributed by atoms with Gasteiger partial charge in [0, 0.05) is 11.8 Å². The summed E-state index contributed by atoms with van der Waals surface area (Å²) in [5, 5.41) is 9.37. The van der Waals surface area contributed by atoms with Crippen LogP contribution < -0.4 is 11.1 Å². The number of carbonyl (C=O) groups is 1. The van der Waals surface area contributed by atoms with E-state index < -0.39 is 6.04 Å². The van der Waals surface area contributed by atoms with Crippen molar-refractivity contribution in [1.29, 1.82) is 0 Å². The molecule has 0 spiro atoms. The van der Waals surface area contributed by atoms with Crippen molar-refractivity contribution in [3.63, 3.8) is 0 Å². The van der Waals surface area contributed by atoms with Gasteiger partial charge in [-0.3, -0.25) is 9.89 Å². The van der Waals surface area contributed by atoms with Crippen molar-refractivity contribution in [1.82, 2.24) is 10.2 Å². The van der Waals surface area contributed by atoms with Crippen molar-refractivity contribution in [2.24, 2.45) is 5.73 Å². The molecule has 0 aliphatic rings. The molecule has 0 aliphatic heterocycles. The lowest BCUT2D eigenvalue weighted by atomic mass is 10.1. The first-order valence-electron chi connectivity index (χ1n) is 5.77. The molecule has 0 unspecified atom stereocenters. The van der Waals surface area contributed by atoms with Gasteiger partial charge in [-0.15, -0.1) is 0 Å². The lowest BCUT2D eigenvalue weighted by Gasteiger charge is -2.10. The normalized spacial score (nSPS) is 12.1. The molecule has 0 saturated heterocycles. The molecule has 4 N–H and O–H groups in total. The second-order valence-electron chi connectivity index (χ2n) is 4.22. The monoisotopic (exact) mass is 244 g/mol. The zero-order valence-corrected chi connectivity index (χ0v) is 10.2. The molecule has 0 bridgehead atoms. The largest absolute Gasteiger partial charge is 0.320 e. The molecule has 0 fully saturated rings. The third kappa shape index (κ3) is 3.18. The van der Waals surface area contributed by atoms with Crippen LogP contribution in [0.2, 0.25) is 0 Å². The standard InChI is InChI=1S/C13H16N4O/c1-9-7-12(17-16-9)15-13(18)11(14)8-10-5-3-2-4-6-10/h2-7,11H,8,14H2,1H3,(H2,15,16,17,18)/t11-/m1/s1. The number of aryl methyl sites for hydroxylation is 1. The van der Waals surface area contributed by atoms with E-state index in [0.29, 0.717) is 12.2 Å². The number of hydrogen-bond acceptors (Lipinski definition) is 3. The number of rotatable bonds is 4. The van der Waals surface area contributed by atoms with Crippen LogP contribution in [0.15, 0.2) is 36.4 Å². The van der Waals surface area contributed by atoms with E-state index in [2.05, 4.69) is 15.5 Å². The number of benzene rings is 1. The van der Waals surface area contributed by atoms with Crippen molar-refractivity contribution in [3.05, 3.63) is 47.7 Å². The summed E-state index contributed by atoms with van der Waals surface area (Å²) >= 11 is 0. The first-order chi connectivity index (χ1) is 8.65. The van der Waals surface area contributed by atoms with Crippen molar-refractivity contribution in [2.45, 2.75) is 19.4 Å². The maximum absolute atomic E-state index is 11.8. The van der Waals surface area contributed by atoms with Crippen LogP contribution in [0.3, 0.4) is 0 Å². The highest BCUT2D eigenvalue weighted by molar-refractivity contribution is 5.94. The summed E-state index contributed by atoms with van der Waals surface area (Å²) in [4.78, 5) is 11.8. The number of anilines is 1. The van der Waals surface area contributed by atoms with E-state index >= 15 is 0 Å². The minimum Gasteiger partial charge on any atom is -0.320 e. The highest BCUT2D eigenvalue weighted by Crippen LogP contribution is 2.06. The van der Waals surface area contributed by atoms with Gasteiger partial charge in [-0.25, -0.2) is 0 Å². The molecule has 0 saturated carbocycles. The Morgan fingerprint density at radius 1 is 1.44 bits per heavy atom. The van der Waals surface area contributed by atoms with Gasteiger partial charge in [-0.1, -0.05) is 30.3 Å². The van der Waals surface area contributed by atoms with Crippen LogP contribution in [0, 0.1) is 6.92 Å². The maximum Gasteiger partial charge on any atom is 0.242 e. The van der Waals surface area contributed by atoms with Crippen LogP contribution in [0.25, 0.3) is 0 Å². The van der Waals surface area contributed by atoms with Gasteiger partial charge in [-0.05, 0) is 18.9 Å². The number of nitrogens with one attached hydrogen (secondary N) is 2. The lowest BCUT2D eigenvalue weighted by Crippen LogP contribution is -2.37. The summed E-state index contributed by atoms with van der Waals surface area (Å²) in [5.41, 5.74) is 7.78. The maximum atomic E-state index is 11.8. The third-order valence-corrected chi connectivity index (χ3v) is 2.59. The molecular formula is C13H16N4O. The molecule has 1 amide bonds. The SMILES string of the molecule is Cc1cc(NC(=O)[C@H](N)Cc2ccccc2)n[nH]1. The van der Waals surface area contributed by atoms with Crippen LogP contribution in [0.4, 0.5) is 5.82 Å². The van der Waals surface area contributed by atoms with Crippen LogP contribution in [0.5, 0.6) is 0 Å². The molecule has 1 aromatic carbocycles. The number of aromatic nitrogens is 2. The Hall–Kier alpha value is -2.14. The lowest BCUT2D eigenvalue weighted by molar-refractivity contribution is -0.117. The van der Waals surface area contributed by atoms with E-state index in [-0.39, 0.29) is 5.91 Å². The molecule has 5 heteroatoms. The van der Waals surface area contributed by atoms with E-state index in [1.165, 1.54) is 0 Å². The highest BCUT2D eigenvalue weighted by Gasteiger charge is 2.15. The summed E-state index contributed by atoms with van der Waals surface area (Å²) in [5.74, 6) is 0.270. The molecular weight excluding hydrogens is 228 g/mol. The molecule has 1 aromatic heterocycles. The summed E-state index contributed by atoms with van der Waals surface area (Å²) in [6, 6.07) is 10.9. The van der Waals surface area contributed by atoms with Gasteiger partial charge in [0.15, 0.2) is 5.82 Å². The van der Waals surface area contributed by atoms with E-state index in [1.807, 2.05) is 37.3 Å². The number of hydrogen-bond donors (Lipinski definition) is 3. The summed E-state index contributed by atoms with van der Waals surface area (Å²) in [6.45, 7) is 1.87. The number of amides is 1. The van der Waals surface area contributed by atoms with E-state index in [1.54, 1.807) is 6.07 Å².